The van der Waals surface area contributed by atoms with Crippen molar-refractivity contribution < 1.29 is 14.4 Å². The summed E-state index contributed by atoms with van der Waals surface area (Å²) in [6, 6.07) is 9.96. The Kier molecular flexibility index (Phi) is 5.54. The minimum atomic E-state index is -0.0536. The lowest BCUT2D eigenvalue weighted by atomic mass is 9.99. The fourth-order valence-corrected chi connectivity index (χ4v) is 5.77. The predicted octanol–water partition coefficient (Wildman–Crippen LogP) is 2.26. The number of thiazole rings is 1. The van der Waals surface area contributed by atoms with Crippen LogP contribution in [0.2, 0.25) is 0 Å². The molecule has 0 spiro atoms. The fraction of sp³-hybridized carbons (Fsp3) is 0.320. The molecule has 3 aromatic rings. The van der Waals surface area contributed by atoms with E-state index in [2.05, 4.69) is 20.2 Å². The third kappa shape index (κ3) is 4.08. The van der Waals surface area contributed by atoms with E-state index in [9.17, 15) is 14.4 Å². The minimum absolute atomic E-state index is 0.0138. The van der Waals surface area contributed by atoms with Gasteiger partial charge in [-0.1, -0.05) is 12.1 Å². The first-order chi connectivity index (χ1) is 17.1. The van der Waals surface area contributed by atoms with Crippen molar-refractivity contribution in [1.82, 2.24) is 19.8 Å². The molecule has 5 heterocycles. The number of fused-ring (bicyclic) bond motifs is 1. The summed E-state index contributed by atoms with van der Waals surface area (Å²) in [6.07, 6.45) is 4.13. The maximum atomic E-state index is 13.0. The number of nitrogens with one attached hydrogen (secondary N) is 1. The van der Waals surface area contributed by atoms with E-state index in [1.807, 2.05) is 45.5 Å². The number of amides is 3. The molecular weight excluding hydrogens is 464 g/mol. The molecule has 2 saturated heterocycles. The number of pyridine rings is 1. The first-order valence-electron chi connectivity index (χ1n) is 11.7. The lowest BCUT2D eigenvalue weighted by Gasteiger charge is -2.37. The number of aromatic nitrogens is 2. The van der Waals surface area contributed by atoms with Crippen molar-refractivity contribution in [2.45, 2.75) is 18.9 Å². The third-order valence-corrected chi connectivity index (χ3v) is 7.72. The molecule has 6 rings (SSSR count). The first kappa shape index (κ1) is 21.9. The quantitative estimate of drug-likeness (QED) is 0.605. The highest BCUT2D eigenvalue weighted by Crippen LogP contribution is 2.34. The van der Waals surface area contributed by atoms with Crippen molar-refractivity contribution >= 4 is 40.6 Å². The van der Waals surface area contributed by atoms with Gasteiger partial charge in [-0.15, -0.1) is 11.3 Å². The molecule has 2 fully saturated rings. The zero-order valence-electron chi connectivity index (χ0n) is 19.0. The number of nitrogens with zero attached hydrogens (tertiary/aromatic N) is 5. The number of piperazine rings is 1. The highest BCUT2D eigenvalue weighted by atomic mass is 32.1. The van der Waals surface area contributed by atoms with Crippen molar-refractivity contribution in [1.29, 1.82) is 0 Å². The molecule has 1 N–H and O–H groups in total. The Morgan fingerprint density at radius 1 is 1.06 bits per heavy atom. The van der Waals surface area contributed by atoms with E-state index in [1.54, 1.807) is 12.4 Å². The van der Waals surface area contributed by atoms with E-state index >= 15 is 0 Å². The van der Waals surface area contributed by atoms with Crippen molar-refractivity contribution in [3.05, 3.63) is 58.7 Å². The number of benzene rings is 1. The Balaban J connectivity index is 1.15. The average molecular weight is 489 g/mol. The van der Waals surface area contributed by atoms with Gasteiger partial charge >= 0.3 is 0 Å². The summed E-state index contributed by atoms with van der Waals surface area (Å²) in [5, 5.41) is 5.14. The Morgan fingerprint density at radius 3 is 2.71 bits per heavy atom. The van der Waals surface area contributed by atoms with Gasteiger partial charge in [-0.3, -0.25) is 19.3 Å². The number of carbonyl (C=O) groups is 3. The van der Waals surface area contributed by atoms with E-state index in [0.29, 0.717) is 43.3 Å². The minimum Gasteiger partial charge on any atom is -0.334 e. The molecular formula is C25H24N6O3S. The molecule has 2 aromatic heterocycles. The lowest BCUT2D eigenvalue weighted by Crippen LogP contribution is -2.52. The van der Waals surface area contributed by atoms with E-state index in [4.69, 9.17) is 0 Å². The van der Waals surface area contributed by atoms with Crippen LogP contribution in [0.3, 0.4) is 0 Å². The van der Waals surface area contributed by atoms with Crippen LogP contribution in [-0.2, 0) is 16.0 Å². The highest BCUT2D eigenvalue weighted by Gasteiger charge is 2.36. The van der Waals surface area contributed by atoms with Gasteiger partial charge in [0.15, 0.2) is 5.01 Å². The molecule has 0 saturated carbocycles. The summed E-state index contributed by atoms with van der Waals surface area (Å²) in [7, 11) is 0. The van der Waals surface area contributed by atoms with E-state index in [-0.39, 0.29) is 23.8 Å². The maximum absolute atomic E-state index is 13.0. The van der Waals surface area contributed by atoms with Crippen molar-refractivity contribution in [3.8, 4) is 11.1 Å². The molecule has 0 aliphatic carbocycles. The second-order valence-corrected chi connectivity index (χ2v) is 9.88. The van der Waals surface area contributed by atoms with Crippen LogP contribution in [0.25, 0.3) is 11.1 Å². The second kappa shape index (κ2) is 8.86. The summed E-state index contributed by atoms with van der Waals surface area (Å²) in [5.41, 5.74) is 3.67. The van der Waals surface area contributed by atoms with Gasteiger partial charge < -0.3 is 15.1 Å². The Morgan fingerprint density at radius 2 is 1.91 bits per heavy atom. The molecule has 3 amide bonds. The Hall–Kier alpha value is -3.63. The molecule has 3 aliphatic heterocycles. The van der Waals surface area contributed by atoms with Gasteiger partial charge in [-0.05, 0) is 29.3 Å². The monoisotopic (exact) mass is 488 g/mol. The fourth-order valence-electron chi connectivity index (χ4n) is 5.17. The van der Waals surface area contributed by atoms with Crippen molar-refractivity contribution in [2.75, 3.05) is 42.9 Å². The maximum Gasteiger partial charge on any atom is 0.282 e. The smallest absolute Gasteiger partial charge is 0.282 e. The lowest BCUT2D eigenvalue weighted by molar-refractivity contribution is -0.117. The average Bonchev–Trinajstić information content (AvgIpc) is 3.63. The number of anilines is 2. The van der Waals surface area contributed by atoms with Gasteiger partial charge in [-0.25, -0.2) is 9.97 Å². The van der Waals surface area contributed by atoms with Crippen LogP contribution in [0, 0.1) is 0 Å². The van der Waals surface area contributed by atoms with Gasteiger partial charge in [0, 0.05) is 74.2 Å². The molecule has 0 bridgehead atoms. The standard InChI is InChI=1S/C25H24N6O3S/c32-21-14-20-19(4-5-26-23(20)28-21)16-2-1-3-17(12-16)31-15-18(13-22(31)33)29-7-9-30(10-8-29)25(34)24-27-6-11-35-24/h1-6,11-12,18H,7-10,13-15H2,(H,26,28,32). The third-order valence-electron chi connectivity index (χ3n) is 6.96. The number of hydrogen-bond acceptors (Lipinski definition) is 7. The molecule has 1 aromatic carbocycles. The van der Waals surface area contributed by atoms with E-state index in [0.717, 1.165) is 35.5 Å². The molecule has 1 unspecified atom stereocenters. The Bertz CT molecular complexity index is 1300. The summed E-state index contributed by atoms with van der Waals surface area (Å²) >= 11 is 1.36. The van der Waals surface area contributed by atoms with Crippen molar-refractivity contribution in [3.63, 3.8) is 0 Å². The molecule has 1 atom stereocenters. The normalized spacial score (nSPS) is 20.3. The van der Waals surface area contributed by atoms with Crippen molar-refractivity contribution in [2.24, 2.45) is 0 Å². The largest absolute Gasteiger partial charge is 0.334 e. The molecule has 3 aliphatic rings. The van der Waals surface area contributed by atoms with Gasteiger partial charge in [0.05, 0.1) is 6.42 Å². The summed E-state index contributed by atoms with van der Waals surface area (Å²) < 4.78 is 0. The second-order valence-electron chi connectivity index (χ2n) is 8.99. The van der Waals surface area contributed by atoms with Gasteiger partial charge in [-0.2, -0.15) is 0 Å². The van der Waals surface area contributed by atoms with Gasteiger partial charge in [0.2, 0.25) is 11.8 Å². The van der Waals surface area contributed by atoms with Crippen LogP contribution in [0.1, 0.15) is 21.8 Å². The van der Waals surface area contributed by atoms with Crippen LogP contribution in [-0.4, -0.2) is 76.3 Å². The SMILES string of the molecule is O=C1Cc2c(-c3cccc(N4CC(N5CCN(C(=O)c6nccs6)CC5)CC4=O)c3)ccnc2N1. The number of rotatable bonds is 4. The van der Waals surface area contributed by atoms with E-state index < -0.39 is 0 Å². The van der Waals surface area contributed by atoms with Crippen LogP contribution >= 0.6 is 11.3 Å². The van der Waals surface area contributed by atoms with Crippen LogP contribution < -0.4 is 10.2 Å². The molecule has 10 heteroatoms. The van der Waals surface area contributed by atoms with E-state index in [1.165, 1.54) is 11.3 Å². The highest BCUT2D eigenvalue weighted by molar-refractivity contribution is 7.11. The first-order valence-corrected chi connectivity index (χ1v) is 12.6. The predicted molar refractivity (Wildman–Crippen MR) is 132 cm³/mol. The van der Waals surface area contributed by atoms with Gasteiger partial charge in [0.25, 0.3) is 5.91 Å². The summed E-state index contributed by atoms with van der Waals surface area (Å²) in [6.45, 7) is 3.38. The summed E-state index contributed by atoms with van der Waals surface area (Å²) in [4.78, 5) is 51.9. The van der Waals surface area contributed by atoms with Crippen LogP contribution in [0.4, 0.5) is 11.5 Å². The Labute approximate surface area is 206 Å². The molecule has 9 nitrogen and oxygen atoms in total. The number of carbonyl (C=O) groups excluding carboxylic acids is 3. The molecule has 35 heavy (non-hydrogen) atoms. The van der Waals surface area contributed by atoms with Crippen LogP contribution in [0.15, 0.2) is 48.1 Å². The zero-order chi connectivity index (χ0) is 23.9. The zero-order valence-corrected chi connectivity index (χ0v) is 19.8. The number of hydrogen-bond donors (Lipinski definition) is 1. The summed E-state index contributed by atoms with van der Waals surface area (Å²) in [5.74, 6) is 0.648. The van der Waals surface area contributed by atoms with Crippen LogP contribution in [0.5, 0.6) is 0 Å². The topological polar surface area (TPSA) is 98.7 Å². The molecule has 0 radical (unpaired) electrons. The molecule has 178 valence electrons. The van der Waals surface area contributed by atoms with Gasteiger partial charge in [0.1, 0.15) is 5.82 Å².